The average molecular weight is 998 g/mol. The van der Waals surface area contributed by atoms with Crippen LogP contribution in [0.25, 0.3) is 0 Å². The molecule has 0 fully saturated rings. The van der Waals surface area contributed by atoms with Crippen molar-refractivity contribution in [3.8, 4) is 0 Å². The molecule has 0 aliphatic heterocycles. The van der Waals surface area contributed by atoms with Crippen LogP contribution in [-0.2, 0) is 28.6 Å². The number of esters is 3. The Labute approximate surface area is 443 Å². The van der Waals surface area contributed by atoms with E-state index in [4.69, 9.17) is 14.2 Å². The molecule has 0 spiro atoms. The molecule has 408 valence electrons. The molecule has 6 nitrogen and oxygen atoms in total. The molecule has 0 radical (unpaired) electrons. The first-order valence-corrected chi connectivity index (χ1v) is 29.5. The molecule has 0 aliphatic carbocycles. The van der Waals surface area contributed by atoms with Crippen molar-refractivity contribution >= 4 is 17.9 Å². The smallest absolute Gasteiger partial charge is 0.306 e. The van der Waals surface area contributed by atoms with Crippen molar-refractivity contribution in [3.05, 3.63) is 122 Å². The fraction of sp³-hybridized carbons (Fsp3) is 0.652. The van der Waals surface area contributed by atoms with Crippen LogP contribution in [0.3, 0.4) is 0 Å². The number of carbonyl (C=O) groups excluding carboxylic acids is 3. The summed E-state index contributed by atoms with van der Waals surface area (Å²) in [4.78, 5) is 38.1. The lowest BCUT2D eigenvalue weighted by atomic mass is 10.0. The fourth-order valence-corrected chi connectivity index (χ4v) is 7.77. The summed E-state index contributed by atoms with van der Waals surface area (Å²) in [6.45, 7) is 6.43. The first-order valence-electron chi connectivity index (χ1n) is 29.5. The monoisotopic (exact) mass is 997 g/mol. The number of rotatable bonds is 52. The van der Waals surface area contributed by atoms with Gasteiger partial charge in [-0.1, -0.05) is 251 Å². The van der Waals surface area contributed by atoms with Crippen molar-refractivity contribution in [2.24, 2.45) is 0 Å². The number of hydrogen-bond acceptors (Lipinski definition) is 6. The van der Waals surface area contributed by atoms with E-state index in [1.165, 1.54) is 83.5 Å². The van der Waals surface area contributed by atoms with Crippen LogP contribution < -0.4 is 0 Å². The van der Waals surface area contributed by atoms with Crippen molar-refractivity contribution < 1.29 is 28.6 Å². The molecule has 0 saturated heterocycles. The van der Waals surface area contributed by atoms with Crippen molar-refractivity contribution in [2.75, 3.05) is 13.2 Å². The maximum absolute atomic E-state index is 12.8. The maximum Gasteiger partial charge on any atom is 0.306 e. The predicted molar refractivity (Wildman–Crippen MR) is 311 cm³/mol. The summed E-state index contributed by atoms with van der Waals surface area (Å²) in [6, 6.07) is 0. The molecular formula is C66H108O6. The molecule has 6 heteroatoms. The lowest BCUT2D eigenvalue weighted by Gasteiger charge is -2.18. The molecule has 0 rings (SSSR count). The minimum Gasteiger partial charge on any atom is -0.462 e. The molecule has 0 aromatic rings. The van der Waals surface area contributed by atoms with Gasteiger partial charge in [0.1, 0.15) is 13.2 Å². The highest BCUT2D eigenvalue weighted by Gasteiger charge is 2.19. The molecule has 0 heterocycles. The van der Waals surface area contributed by atoms with Gasteiger partial charge in [-0.25, -0.2) is 0 Å². The van der Waals surface area contributed by atoms with Gasteiger partial charge in [-0.15, -0.1) is 0 Å². The summed E-state index contributed by atoms with van der Waals surface area (Å²) in [5.41, 5.74) is 0. The van der Waals surface area contributed by atoms with Crippen LogP contribution in [0, 0.1) is 0 Å². The van der Waals surface area contributed by atoms with Crippen LogP contribution in [0.4, 0.5) is 0 Å². The van der Waals surface area contributed by atoms with Gasteiger partial charge in [-0.2, -0.15) is 0 Å². The molecule has 0 aromatic heterocycles. The Bertz CT molecular complexity index is 1520. The Hall–Kier alpha value is -4.19. The summed E-state index contributed by atoms with van der Waals surface area (Å²) in [6.07, 6.45) is 81.9. The van der Waals surface area contributed by atoms with E-state index in [1.54, 1.807) is 0 Å². The molecule has 0 aromatic carbocycles. The van der Waals surface area contributed by atoms with E-state index in [1.807, 2.05) is 0 Å². The Morgan fingerprint density at radius 3 is 0.917 bits per heavy atom. The Kier molecular flexibility index (Phi) is 55.9. The van der Waals surface area contributed by atoms with Gasteiger partial charge in [0.25, 0.3) is 0 Å². The van der Waals surface area contributed by atoms with Crippen LogP contribution in [0.1, 0.15) is 258 Å². The molecule has 0 amide bonds. The van der Waals surface area contributed by atoms with Crippen molar-refractivity contribution in [1.29, 1.82) is 0 Å². The Morgan fingerprint density at radius 2 is 0.556 bits per heavy atom. The van der Waals surface area contributed by atoms with Gasteiger partial charge >= 0.3 is 17.9 Å². The highest BCUT2D eigenvalue weighted by atomic mass is 16.6. The van der Waals surface area contributed by atoms with Crippen molar-refractivity contribution in [2.45, 2.75) is 264 Å². The molecule has 0 bridgehead atoms. The van der Waals surface area contributed by atoms with Gasteiger partial charge in [0, 0.05) is 19.3 Å². The summed E-state index contributed by atoms with van der Waals surface area (Å²) in [5.74, 6) is -0.958. The molecule has 72 heavy (non-hydrogen) atoms. The molecule has 0 N–H and O–H groups in total. The SMILES string of the molecule is CC/C=C\C/C=C\C/C=C\C/C=C\C/C=C\C/C=C\C/C=C\C/C=C\CCCCC(=O)OCC(COC(=O)CCCCCCCCCCCCCCC)OC(=O)CCCCCCC/C=C\C/C=C\CCCC. The second-order valence-corrected chi connectivity index (χ2v) is 19.2. The van der Waals surface area contributed by atoms with Crippen LogP contribution >= 0.6 is 0 Å². The highest BCUT2D eigenvalue weighted by Crippen LogP contribution is 2.15. The standard InChI is InChI=1S/C66H108O6/c1-4-7-10-13-16-19-22-25-27-28-29-30-31-32-33-34-35-36-37-38-39-42-44-47-50-53-56-59-65(68)71-62-63(61-70-64(67)58-55-52-49-46-43-40-24-21-18-15-12-9-6-3)72-66(69)60-57-54-51-48-45-41-26-23-20-17-14-11-8-5-2/h7,10,14,16-17,19,23,25-27,29-30,32-33,35-36,38-39,44,47,63H,4-6,8-9,11-13,15,18,20-22,24,28,31,34,37,40-43,45-46,48-62H2,1-3H3/b10-7-,17-14-,19-16-,26-23-,27-25-,30-29-,33-32-,36-35-,39-38-,47-44-. The third kappa shape index (κ3) is 56.7. The zero-order chi connectivity index (χ0) is 52.2. The van der Waals surface area contributed by atoms with Crippen molar-refractivity contribution in [1.82, 2.24) is 0 Å². The van der Waals surface area contributed by atoms with Crippen LogP contribution in [0.5, 0.6) is 0 Å². The van der Waals surface area contributed by atoms with E-state index in [0.717, 1.165) is 128 Å². The van der Waals surface area contributed by atoms with Gasteiger partial charge in [0.2, 0.25) is 0 Å². The second-order valence-electron chi connectivity index (χ2n) is 19.2. The number of ether oxygens (including phenoxy) is 3. The van der Waals surface area contributed by atoms with Gasteiger partial charge in [0.05, 0.1) is 0 Å². The van der Waals surface area contributed by atoms with Crippen LogP contribution in [0.15, 0.2) is 122 Å². The number of carbonyl (C=O) groups is 3. The van der Waals surface area contributed by atoms with E-state index in [0.29, 0.717) is 25.7 Å². The summed E-state index contributed by atoms with van der Waals surface area (Å²) >= 11 is 0. The van der Waals surface area contributed by atoms with E-state index in [9.17, 15) is 14.4 Å². The van der Waals surface area contributed by atoms with E-state index >= 15 is 0 Å². The van der Waals surface area contributed by atoms with Gasteiger partial charge < -0.3 is 14.2 Å². The van der Waals surface area contributed by atoms with E-state index in [-0.39, 0.29) is 31.1 Å². The normalized spacial score (nSPS) is 13.0. The highest BCUT2D eigenvalue weighted by molar-refractivity contribution is 5.71. The van der Waals surface area contributed by atoms with Crippen LogP contribution in [-0.4, -0.2) is 37.2 Å². The molecular weight excluding hydrogens is 889 g/mol. The minimum atomic E-state index is -0.805. The third-order valence-electron chi connectivity index (χ3n) is 12.2. The first-order chi connectivity index (χ1) is 35.5. The Morgan fingerprint density at radius 1 is 0.292 bits per heavy atom. The zero-order valence-corrected chi connectivity index (χ0v) is 46.7. The molecule has 0 aliphatic rings. The average Bonchev–Trinajstić information content (AvgIpc) is 3.38. The predicted octanol–water partition coefficient (Wildman–Crippen LogP) is 20.0. The summed E-state index contributed by atoms with van der Waals surface area (Å²) in [5, 5.41) is 0. The zero-order valence-electron chi connectivity index (χ0n) is 46.7. The summed E-state index contributed by atoms with van der Waals surface area (Å²) in [7, 11) is 0. The van der Waals surface area contributed by atoms with E-state index in [2.05, 4.69) is 142 Å². The molecule has 1 atom stereocenters. The first kappa shape index (κ1) is 67.8. The largest absolute Gasteiger partial charge is 0.462 e. The minimum absolute atomic E-state index is 0.0982. The lowest BCUT2D eigenvalue weighted by Crippen LogP contribution is -2.30. The maximum atomic E-state index is 12.8. The number of allylic oxidation sites excluding steroid dienone is 20. The third-order valence-corrected chi connectivity index (χ3v) is 12.2. The van der Waals surface area contributed by atoms with Gasteiger partial charge in [-0.05, 0) is 109 Å². The Balaban J connectivity index is 4.42. The quantitative estimate of drug-likeness (QED) is 0.0261. The van der Waals surface area contributed by atoms with Crippen LogP contribution in [0.2, 0.25) is 0 Å². The summed E-state index contributed by atoms with van der Waals surface area (Å²) < 4.78 is 16.8. The van der Waals surface area contributed by atoms with Gasteiger partial charge in [-0.3, -0.25) is 14.4 Å². The number of unbranched alkanes of at least 4 members (excludes halogenated alkanes) is 21. The van der Waals surface area contributed by atoms with E-state index < -0.39 is 6.10 Å². The van der Waals surface area contributed by atoms with Crippen molar-refractivity contribution in [3.63, 3.8) is 0 Å². The molecule has 0 saturated carbocycles. The fourth-order valence-electron chi connectivity index (χ4n) is 7.77. The number of hydrogen-bond donors (Lipinski definition) is 0. The second kappa shape index (κ2) is 59.4. The van der Waals surface area contributed by atoms with Gasteiger partial charge in [0.15, 0.2) is 6.10 Å². The molecule has 1 unspecified atom stereocenters. The topological polar surface area (TPSA) is 78.9 Å². The lowest BCUT2D eigenvalue weighted by molar-refractivity contribution is -0.167.